The quantitative estimate of drug-likeness (QED) is 0.853. The van der Waals surface area contributed by atoms with Crippen LogP contribution in [0.15, 0.2) is 42.5 Å². The third-order valence-corrected chi connectivity index (χ3v) is 4.43. The molecule has 1 aliphatic rings. The number of ether oxygens (including phenoxy) is 1. The van der Waals surface area contributed by atoms with Gasteiger partial charge in [0.2, 0.25) is 0 Å². The third-order valence-electron chi connectivity index (χ3n) is 4.43. The molecule has 2 nitrogen and oxygen atoms in total. The van der Waals surface area contributed by atoms with E-state index in [2.05, 4.69) is 54.7 Å². The van der Waals surface area contributed by atoms with Crippen LogP contribution in [0.5, 0.6) is 0 Å². The molecule has 0 aromatic heterocycles. The van der Waals surface area contributed by atoms with Crippen molar-refractivity contribution < 1.29 is 4.74 Å². The zero-order chi connectivity index (χ0) is 14.5. The van der Waals surface area contributed by atoms with E-state index >= 15 is 0 Å². The van der Waals surface area contributed by atoms with Crippen LogP contribution in [0.1, 0.15) is 37.8 Å². The zero-order valence-corrected chi connectivity index (χ0v) is 12.8. The van der Waals surface area contributed by atoms with E-state index in [-0.39, 0.29) is 0 Å². The maximum Gasteiger partial charge on any atom is 0.0495 e. The van der Waals surface area contributed by atoms with Crippen LogP contribution in [0, 0.1) is 5.92 Å². The highest BCUT2D eigenvalue weighted by Gasteiger charge is 2.22. The molecule has 0 saturated carbocycles. The molecule has 1 saturated heterocycles. The molecule has 2 atom stereocenters. The summed E-state index contributed by atoms with van der Waals surface area (Å²) in [6.45, 7) is 5.16. The number of hydrogen-bond acceptors (Lipinski definition) is 2. The number of benzene rings is 2. The molecule has 21 heavy (non-hydrogen) atoms. The molecule has 1 fully saturated rings. The van der Waals surface area contributed by atoms with Crippen molar-refractivity contribution >= 4 is 10.8 Å². The second-order valence-corrected chi connectivity index (χ2v) is 6.04. The van der Waals surface area contributed by atoms with Gasteiger partial charge in [-0.1, -0.05) is 49.4 Å². The van der Waals surface area contributed by atoms with Crippen LogP contribution in [0.4, 0.5) is 0 Å². The van der Waals surface area contributed by atoms with Crippen LogP contribution in [0.2, 0.25) is 0 Å². The van der Waals surface area contributed by atoms with Crippen LogP contribution in [-0.2, 0) is 4.74 Å². The van der Waals surface area contributed by atoms with Gasteiger partial charge < -0.3 is 10.1 Å². The Bertz CT molecular complexity index is 569. The summed E-state index contributed by atoms with van der Waals surface area (Å²) in [4.78, 5) is 0. The van der Waals surface area contributed by atoms with Crippen molar-refractivity contribution in [2.45, 2.75) is 32.2 Å². The van der Waals surface area contributed by atoms with Crippen LogP contribution in [0.3, 0.4) is 0 Å². The standard InChI is InChI=1S/C19H25NO/c1-2-11-20-19(13-15-10-12-21-14-15)18-9-5-7-16-6-3-4-8-17(16)18/h3-9,15,19-20H,2,10-14H2,1H3. The van der Waals surface area contributed by atoms with Gasteiger partial charge in [0, 0.05) is 19.3 Å². The summed E-state index contributed by atoms with van der Waals surface area (Å²) < 4.78 is 5.56. The van der Waals surface area contributed by atoms with E-state index in [0.29, 0.717) is 12.0 Å². The van der Waals surface area contributed by atoms with E-state index in [9.17, 15) is 0 Å². The van der Waals surface area contributed by atoms with Crippen molar-refractivity contribution in [1.29, 1.82) is 0 Å². The number of fused-ring (bicyclic) bond motifs is 1. The summed E-state index contributed by atoms with van der Waals surface area (Å²) in [5.74, 6) is 0.693. The first-order chi connectivity index (χ1) is 10.4. The van der Waals surface area contributed by atoms with Crippen molar-refractivity contribution in [2.75, 3.05) is 19.8 Å². The van der Waals surface area contributed by atoms with E-state index < -0.39 is 0 Å². The van der Waals surface area contributed by atoms with Crippen LogP contribution in [-0.4, -0.2) is 19.8 Å². The lowest BCUT2D eigenvalue weighted by molar-refractivity contribution is 0.181. The van der Waals surface area contributed by atoms with Crippen molar-refractivity contribution in [3.8, 4) is 0 Å². The minimum Gasteiger partial charge on any atom is -0.381 e. The molecule has 0 aliphatic carbocycles. The zero-order valence-electron chi connectivity index (χ0n) is 12.8. The first-order valence-electron chi connectivity index (χ1n) is 8.17. The number of rotatable bonds is 6. The highest BCUT2D eigenvalue weighted by Crippen LogP contribution is 2.31. The van der Waals surface area contributed by atoms with E-state index in [4.69, 9.17) is 4.74 Å². The smallest absolute Gasteiger partial charge is 0.0495 e. The Morgan fingerprint density at radius 2 is 2.05 bits per heavy atom. The monoisotopic (exact) mass is 283 g/mol. The minimum atomic E-state index is 0.433. The Hall–Kier alpha value is -1.38. The molecular formula is C19H25NO. The first-order valence-corrected chi connectivity index (χ1v) is 8.17. The summed E-state index contributed by atoms with van der Waals surface area (Å²) in [5.41, 5.74) is 1.44. The Labute approximate surface area is 127 Å². The molecule has 1 aliphatic heterocycles. The fourth-order valence-electron chi connectivity index (χ4n) is 3.30. The predicted molar refractivity (Wildman–Crippen MR) is 88.5 cm³/mol. The molecular weight excluding hydrogens is 258 g/mol. The lowest BCUT2D eigenvalue weighted by Gasteiger charge is -2.23. The van der Waals surface area contributed by atoms with Gasteiger partial charge in [-0.3, -0.25) is 0 Å². The average molecular weight is 283 g/mol. The van der Waals surface area contributed by atoms with Gasteiger partial charge in [-0.05, 0) is 48.1 Å². The molecule has 0 spiro atoms. The van der Waals surface area contributed by atoms with E-state index in [1.54, 1.807) is 0 Å². The summed E-state index contributed by atoms with van der Waals surface area (Å²) in [5, 5.41) is 6.47. The van der Waals surface area contributed by atoms with E-state index in [1.165, 1.54) is 35.6 Å². The van der Waals surface area contributed by atoms with Gasteiger partial charge in [-0.15, -0.1) is 0 Å². The SMILES string of the molecule is CCCNC(CC1CCOC1)c1cccc2ccccc12. The summed E-state index contributed by atoms with van der Waals surface area (Å²) in [6.07, 6.45) is 3.55. The highest BCUT2D eigenvalue weighted by molar-refractivity contribution is 5.86. The Morgan fingerprint density at radius 1 is 1.19 bits per heavy atom. The molecule has 2 heteroatoms. The topological polar surface area (TPSA) is 21.3 Å². The maximum absolute atomic E-state index is 5.56. The number of hydrogen-bond donors (Lipinski definition) is 1. The molecule has 112 valence electrons. The molecule has 0 bridgehead atoms. The van der Waals surface area contributed by atoms with Gasteiger partial charge in [0.05, 0.1) is 0 Å². The summed E-state index contributed by atoms with van der Waals surface area (Å²) in [7, 11) is 0. The molecule has 0 radical (unpaired) electrons. The Kier molecular flexibility index (Phi) is 4.89. The molecule has 1 heterocycles. The fraction of sp³-hybridized carbons (Fsp3) is 0.474. The molecule has 0 amide bonds. The molecule has 2 aromatic rings. The van der Waals surface area contributed by atoms with Crippen molar-refractivity contribution in [3.63, 3.8) is 0 Å². The average Bonchev–Trinajstić information content (AvgIpc) is 3.04. The van der Waals surface area contributed by atoms with Crippen LogP contribution in [0.25, 0.3) is 10.8 Å². The van der Waals surface area contributed by atoms with Gasteiger partial charge in [0.1, 0.15) is 0 Å². The van der Waals surface area contributed by atoms with Gasteiger partial charge in [0.15, 0.2) is 0 Å². The molecule has 1 N–H and O–H groups in total. The summed E-state index contributed by atoms with van der Waals surface area (Å²) >= 11 is 0. The van der Waals surface area contributed by atoms with Gasteiger partial charge in [-0.2, -0.15) is 0 Å². The van der Waals surface area contributed by atoms with Crippen LogP contribution < -0.4 is 5.32 Å². The second-order valence-electron chi connectivity index (χ2n) is 6.04. The normalized spacial score (nSPS) is 20.0. The third kappa shape index (κ3) is 3.45. The largest absolute Gasteiger partial charge is 0.381 e. The Balaban J connectivity index is 1.89. The lowest BCUT2D eigenvalue weighted by atomic mass is 9.91. The van der Waals surface area contributed by atoms with E-state index in [0.717, 1.165) is 19.8 Å². The molecule has 2 aromatic carbocycles. The van der Waals surface area contributed by atoms with E-state index in [1.807, 2.05) is 0 Å². The summed E-state index contributed by atoms with van der Waals surface area (Å²) in [6, 6.07) is 15.8. The fourth-order valence-corrected chi connectivity index (χ4v) is 3.30. The van der Waals surface area contributed by atoms with Gasteiger partial charge in [0.25, 0.3) is 0 Å². The Morgan fingerprint density at radius 3 is 2.86 bits per heavy atom. The van der Waals surface area contributed by atoms with Crippen molar-refractivity contribution in [1.82, 2.24) is 5.32 Å². The first kappa shape index (κ1) is 14.6. The van der Waals surface area contributed by atoms with Crippen molar-refractivity contribution in [2.24, 2.45) is 5.92 Å². The minimum absolute atomic E-state index is 0.433. The lowest BCUT2D eigenvalue weighted by Crippen LogP contribution is -2.25. The second kappa shape index (κ2) is 7.06. The molecule has 3 rings (SSSR count). The van der Waals surface area contributed by atoms with Crippen LogP contribution >= 0.6 is 0 Å². The van der Waals surface area contributed by atoms with Gasteiger partial charge >= 0.3 is 0 Å². The number of nitrogens with one attached hydrogen (secondary N) is 1. The predicted octanol–water partition coefficient (Wildman–Crippen LogP) is 4.31. The van der Waals surface area contributed by atoms with Gasteiger partial charge in [-0.25, -0.2) is 0 Å². The van der Waals surface area contributed by atoms with Crippen molar-refractivity contribution in [3.05, 3.63) is 48.0 Å². The molecule has 2 unspecified atom stereocenters. The maximum atomic E-state index is 5.56. The highest BCUT2D eigenvalue weighted by atomic mass is 16.5.